The molecular formula is C18H19F2N7O3. The maximum atomic E-state index is 12.6. The van der Waals surface area contributed by atoms with Crippen LogP contribution in [0.15, 0.2) is 28.9 Å². The largest absolute Gasteiger partial charge is 0.453 e. The normalized spacial score (nSPS) is 15.0. The summed E-state index contributed by atoms with van der Waals surface area (Å²) in [5, 5.41) is 15.3. The molecule has 4 rings (SSSR count). The first kappa shape index (κ1) is 19.9. The Hall–Kier alpha value is -3.44. The number of alkyl halides is 2. The van der Waals surface area contributed by atoms with Crippen LogP contribution in [-0.4, -0.2) is 61.4 Å². The first-order valence-corrected chi connectivity index (χ1v) is 9.33. The average molecular weight is 419 g/mol. The predicted octanol–water partition coefficient (Wildman–Crippen LogP) is 2.65. The lowest BCUT2D eigenvalue weighted by Gasteiger charge is -2.29. The van der Waals surface area contributed by atoms with Crippen molar-refractivity contribution in [2.75, 3.05) is 20.2 Å². The van der Waals surface area contributed by atoms with Crippen molar-refractivity contribution < 1.29 is 22.7 Å². The molecule has 30 heavy (non-hydrogen) atoms. The Bertz CT molecular complexity index is 997. The second-order valence-corrected chi connectivity index (χ2v) is 6.86. The van der Waals surface area contributed by atoms with Gasteiger partial charge in [0.15, 0.2) is 0 Å². The van der Waals surface area contributed by atoms with Crippen molar-refractivity contribution in [3.8, 4) is 11.5 Å². The zero-order valence-electron chi connectivity index (χ0n) is 16.1. The quantitative estimate of drug-likeness (QED) is 0.620. The molecule has 1 amide bonds. The van der Waals surface area contributed by atoms with Gasteiger partial charge in [-0.2, -0.15) is 8.78 Å². The number of pyridine rings is 1. The summed E-state index contributed by atoms with van der Waals surface area (Å²) in [6.45, 7) is 1.65. The summed E-state index contributed by atoms with van der Waals surface area (Å²) in [5.74, 6) is -0.496. The lowest BCUT2D eigenvalue weighted by molar-refractivity contribution is 0.112. The molecule has 1 aliphatic heterocycles. The van der Waals surface area contributed by atoms with Crippen LogP contribution in [0, 0.1) is 0 Å². The minimum Gasteiger partial charge on any atom is -0.453 e. The van der Waals surface area contributed by atoms with Crippen LogP contribution >= 0.6 is 0 Å². The molecule has 158 valence electrons. The summed E-state index contributed by atoms with van der Waals surface area (Å²) in [6.07, 6.45) is 1.83. The summed E-state index contributed by atoms with van der Waals surface area (Å²) in [4.78, 5) is 17.6. The van der Waals surface area contributed by atoms with Gasteiger partial charge < -0.3 is 14.1 Å². The highest BCUT2D eigenvalue weighted by atomic mass is 19.3. The molecule has 1 aliphatic rings. The van der Waals surface area contributed by atoms with E-state index in [2.05, 4.69) is 25.5 Å². The third-order valence-electron chi connectivity index (χ3n) is 4.93. The number of carbonyl (C=O) groups is 1. The van der Waals surface area contributed by atoms with E-state index in [1.54, 1.807) is 21.7 Å². The summed E-state index contributed by atoms with van der Waals surface area (Å²) < 4.78 is 36.5. The highest BCUT2D eigenvalue weighted by molar-refractivity contribution is 5.67. The highest BCUT2D eigenvalue weighted by Crippen LogP contribution is 2.27. The van der Waals surface area contributed by atoms with Crippen LogP contribution in [0.2, 0.25) is 0 Å². The van der Waals surface area contributed by atoms with Gasteiger partial charge in [-0.25, -0.2) is 9.48 Å². The molecule has 0 N–H and O–H groups in total. The van der Waals surface area contributed by atoms with Gasteiger partial charge in [0.25, 0.3) is 5.89 Å². The van der Waals surface area contributed by atoms with Gasteiger partial charge in [0.05, 0.1) is 30.6 Å². The Kier molecular flexibility index (Phi) is 5.63. The van der Waals surface area contributed by atoms with Crippen LogP contribution < -0.4 is 0 Å². The Labute approximate surface area is 169 Å². The fourth-order valence-corrected chi connectivity index (χ4v) is 3.31. The molecule has 1 saturated heterocycles. The number of hydrogen-bond donors (Lipinski definition) is 0. The van der Waals surface area contributed by atoms with Crippen molar-refractivity contribution >= 4 is 6.09 Å². The topological polar surface area (TPSA) is 112 Å². The van der Waals surface area contributed by atoms with Gasteiger partial charge in [0.2, 0.25) is 5.89 Å². The fourth-order valence-electron chi connectivity index (χ4n) is 3.31. The Morgan fingerprint density at radius 2 is 2.07 bits per heavy atom. The summed E-state index contributed by atoms with van der Waals surface area (Å²) in [5.41, 5.74) is 2.04. The fraction of sp³-hybridized carbons (Fsp3) is 0.444. The SMILES string of the molecule is COC(=O)N1CCC(c2cn(Cc3ccc(-c4nnc(C(F)F)o4)cn3)nn2)CC1. The standard InChI is InChI=1S/C18H19F2N7O3/c1-29-18(28)26-6-4-11(5-7-26)14-10-27(25-22-14)9-13-3-2-12(8-21-13)16-23-24-17(30-16)15(19)20/h2-3,8,10-11,15H,4-7,9H2,1H3. The molecule has 1 fully saturated rings. The molecule has 3 aromatic heterocycles. The third kappa shape index (κ3) is 4.26. The first-order chi connectivity index (χ1) is 14.5. The van der Waals surface area contributed by atoms with E-state index in [0.717, 1.165) is 18.5 Å². The van der Waals surface area contributed by atoms with Gasteiger partial charge in [0, 0.05) is 31.4 Å². The summed E-state index contributed by atoms with van der Waals surface area (Å²) in [7, 11) is 1.38. The molecule has 0 saturated carbocycles. The van der Waals surface area contributed by atoms with E-state index >= 15 is 0 Å². The molecule has 0 aliphatic carbocycles. The maximum absolute atomic E-state index is 12.6. The number of ether oxygens (including phenoxy) is 1. The van der Waals surface area contributed by atoms with Gasteiger partial charge in [-0.15, -0.1) is 15.3 Å². The summed E-state index contributed by atoms with van der Waals surface area (Å²) >= 11 is 0. The molecular weight excluding hydrogens is 400 g/mol. The van der Waals surface area contributed by atoms with Crippen LogP contribution in [0.5, 0.6) is 0 Å². The highest BCUT2D eigenvalue weighted by Gasteiger charge is 2.26. The lowest BCUT2D eigenvalue weighted by Crippen LogP contribution is -2.37. The van der Waals surface area contributed by atoms with Crippen LogP contribution in [0.4, 0.5) is 13.6 Å². The van der Waals surface area contributed by atoms with Crippen LogP contribution in [0.1, 0.15) is 42.5 Å². The van der Waals surface area contributed by atoms with E-state index in [1.165, 1.54) is 13.3 Å². The molecule has 0 atom stereocenters. The number of hydrogen-bond acceptors (Lipinski definition) is 8. The van der Waals surface area contributed by atoms with Gasteiger partial charge in [-0.05, 0) is 25.0 Å². The van der Waals surface area contributed by atoms with E-state index in [0.29, 0.717) is 30.9 Å². The molecule has 10 nitrogen and oxygen atoms in total. The van der Waals surface area contributed by atoms with Gasteiger partial charge in [-0.3, -0.25) is 4.98 Å². The monoisotopic (exact) mass is 419 g/mol. The number of rotatable bonds is 5. The lowest BCUT2D eigenvalue weighted by atomic mass is 9.94. The van der Waals surface area contributed by atoms with E-state index in [4.69, 9.17) is 9.15 Å². The van der Waals surface area contributed by atoms with Crippen molar-refractivity contribution in [3.05, 3.63) is 41.8 Å². The van der Waals surface area contributed by atoms with Crippen LogP contribution in [-0.2, 0) is 11.3 Å². The number of aromatic nitrogens is 6. The second-order valence-electron chi connectivity index (χ2n) is 6.86. The predicted molar refractivity (Wildman–Crippen MR) is 97.6 cm³/mol. The number of carbonyl (C=O) groups excluding carboxylic acids is 1. The Morgan fingerprint density at radius 1 is 1.27 bits per heavy atom. The first-order valence-electron chi connectivity index (χ1n) is 9.33. The third-order valence-corrected chi connectivity index (χ3v) is 4.93. The second kappa shape index (κ2) is 8.51. The van der Waals surface area contributed by atoms with Crippen molar-refractivity contribution in [2.24, 2.45) is 0 Å². The number of amides is 1. The minimum atomic E-state index is -2.81. The Morgan fingerprint density at radius 3 is 2.70 bits per heavy atom. The van der Waals surface area contributed by atoms with Crippen molar-refractivity contribution in [1.82, 2.24) is 35.1 Å². The molecule has 12 heteroatoms. The van der Waals surface area contributed by atoms with Gasteiger partial charge in [-0.1, -0.05) is 5.21 Å². The minimum absolute atomic E-state index is 0.00862. The molecule has 3 aromatic rings. The van der Waals surface area contributed by atoms with E-state index in [1.807, 2.05) is 6.20 Å². The molecule has 4 heterocycles. The molecule has 0 radical (unpaired) electrons. The van der Waals surface area contributed by atoms with Crippen molar-refractivity contribution in [1.29, 1.82) is 0 Å². The zero-order valence-corrected chi connectivity index (χ0v) is 16.1. The molecule has 0 spiro atoms. The zero-order chi connectivity index (χ0) is 21.1. The number of methoxy groups -OCH3 is 1. The smallest absolute Gasteiger partial charge is 0.409 e. The maximum Gasteiger partial charge on any atom is 0.409 e. The summed E-state index contributed by atoms with van der Waals surface area (Å²) in [6, 6.07) is 3.41. The van der Waals surface area contributed by atoms with Crippen LogP contribution in [0.3, 0.4) is 0 Å². The van der Waals surface area contributed by atoms with E-state index in [-0.39, 0.29) is 17.9 Å². The van der Waals surface area contributed by atoms with Gasteiger partial charge in [0.1, 0.15) is 0 Å². The molecule has 0 aromatic carbocycles. The average Bonchev–Trinajstić information content (AvgIpc) is 3.44. The number of halogens is 2. The van der Waals surface area contributed by atoms with Gasteiger partial charge >= 0.3 is 12.5 Å². The molecule has 0 unspecified atom stereocenters. The van der Waals surface area contributed by atoms with Crippen molar-refractivity contribution in [2.45, 2.75) is 31.7 Å². The van der Waals surface area contributed by atoms with E-state index in [9.17, 15) is 13.6 Å². The number of nitrogens with zero attached hydrogens (tertiary/aromatic N) is 7. The number of likely N-dealkylation sites (tertiary alicyclic amines) is 1. The van der Waals surface area contributed by atoms with Crippen molar-refractivity contribution in [3.63, 3.8) is 0 Å². The Balaban J connectivity index is 1.36. The van der Waals surface area contributed by atoms with Crippen LogP contribution in [0.25, 0.3) is 11.5 Å². The molecule has 0 bridgehead atoms. The van der Waals surface area contributed by atoms with E-state index < -0.39 is 12.3 Å². The number of piperidine rings is 1.